The maximum absolute atomic E-state index is 12.8. The molecule has 1 aromatic heterocycles. The lowest BCUT2D eigenvalue weighted by atomic mass is 9.93. The van der Waals surface area contributed by atoms with Gasteiger partial charge in [0.25, 0.3) is 0 Å². The van der Waals surface area contributed by atoms with Crippen molar-refractivity contribution >= 4 is 29.0 Å². The number of para-hydroxylation sites is 1. The molecule has 4 rings (SSSR count). The van der Waals surface area contributed by atoms with E-state index in [-0.39, 0.29) is 13.0 Å². The fraction of sp³-hybridized carbons (Fsp3) is 0.435. The molecule has 0 saturated carbocycles. The van der Waals surface area contributed by atoms with Crippen molar-refractivity contribution in [2.24, 2.45) is 0 Å². The van der Waals surface area contributed by atoms with Crippen molar-refractivity contribution in [1.29, 1.82) is 0 Å². The molecule has 1 amide bonds. The summed E-state index contributed by atoms with van der Waals surface area (Å²) in [5.74, 6) is 0.180. The molecular formula is C23H26N2O5. The number of aryl methyl sites for hydroxylation is 1. The Hall–Kier alpha value is -3.09. The van der Waals surface area contributed by atoms with E-state index >= 15 is 0 Å². The van der Waals surface area contributed by atoms with Crippen molar-refractivity contribution in [2.75, 3.05) is 13.7 Å². The van der Waals surface area contributed by atoms with Gasteiger partial charge >= 0.3 is 12.1 Å². The molecule has 0 N–H and O–H groups in total. The predicted molar refractivity (Wildman–Crippen MR) is 112 cm³/mol. The predicted octanol–water partition coefficient (Wildman–Crippen LogP) is 3.87. The van der Waals surface area contributed by atoms with Crippen molar-refractivity contribution < 1.29 is 23.8 Å². The van der Waals surface area contributed by atoms with E-state index in [9.17, 15) is 9.59 Å². The smallest absolute Gasteiger partial charge is 0.411 e. The van der Waals surface area contributed by atoms with E-state index in [1.807, 2.05) is 43.3 Å². The van der Waals surface area contributed by atoms with Crippen LogP contribution in [0.15, 0.2) is 30.3 Å². The summed E-state index contributed by atoms with van der Waals surface area (Å²) in [5.41, 5.74) is 1.08. The number of hydrogen-bond donors (Lipinski definition) is 0. The summed E-state index contributed by atoms with van der Waals surface area (Å²) >= 11 is 0. The molecule has 2 aliphatic rings. The molecule has 7 nitrogen and oxygen atoms in total. The summed E-state index contributed by atoms with van der Waals surface area (Å²) in [4.78, 5) is 31.3. The van der Waals surface area contributed by atoms with Crippen LogP contribution in [0.1, 0.15) is 38.4 Å². The summed E-state index contributed by atoms with van der Waals surface area (Å²) in [6.45, 7) is 7.45. The molecule has 1 saturated heterocycles. The van der Waals surface area contributed by atoms with E-state index in [1.165, 1.54) is 12.0 Å². The van der Waals surface area contributed by atoms with Gasteiger partial charge in [-0.3, -0.25) is 4.90 Å². The van der Waals surface area contributed by atoms with Crippen LogP contribution in [-0.2, 0) is 14.3 Å². The molecule has 1 unspecified atom stereocenters. The third kappa shape index (κ3) is 3.49. The second kappa shape index (κ2) is 7.00. The number of rotatable bonds is 1. The van der Waals surface area contributed by atoms with Crippen LogP contribution in [0.4, 0.5) is 4.79 Å². The molecule has 0 aliphatic carbocycles. The zero-order chi connectivity index (χ0) is 21.7. The quantitative estimate of drug-likeness (QED) is 0.664. The van der Waals surface area contributed by atoms with Gasteiger partial charge in [0.1, 0.15) is 23.0 Å². The van der Waals surface area contributed by atoms with Crippen LogP contribution in [0.2, 0.25) is 0 Å². The van der Waals surface area contributed by atoms with Gasteiger partial charge in [0.15, 0.2) is 0 Å². The van der Waals surface area contributed by atoms with Gasteiger partial charge in [0, 0.05) is 17.4 Å². The van der Waals surface area contributed by atoms with Crippen LogP contribution < -0.4 is 4.74 Å². The number of methoxy groups -OCH3 is 1. The minimum absolute atomic E-state index is 0.184. The monoisotopic (exact) mass is 410 g/mol. The molecule has 1 fully saturated rings. The minimum Gasteiger partial charge on any atom is -0.479 e. The minimum atomic E-state index is -0.850. The molecule has 2 aliphatic heterocycles. The maximum Gasteiger partial charge on any atom is 0.411 e. The number of nitrogens with zero attached hydrogens (tertiary/aromatic N) is 2. The Morgan fingerprint density at radius 3 is 2.70 bits per heavy atom. The lowest BCUT2D eigenvalue weighted by Crippen LogP contribution is -2.45. The van der Waals surface area contributed by atoms with Crippen molar-refractivity contribution in [3.8, 4) is 5.75 Å². The molecule has 2 atom stereocenters. The topological polar surface area (TPSA) is 78.0 Å². The number of aromatic nitrogens is 1. The number of ether oxygens (including phenoxy) is 3. The van der Waals surface area contributed by atoms with Gasteiger partial charge in [-0.1, -0.05) is 24.3 Å². The summed E-state index contributed by atoms with van der Waals surface area (Å²) in [5, 5.41) is 0.996. The maximum atomic E-state index is 12.8. The van der Waals surface area contributed by atoms with Crippen molar-refractivity contribution in [3.63, 3.8) is 0 Å². The van der Waals surface area contributed by atoms with Crippen LogP contribution in [0, 0.1) is 6.92 Å². The van der Waals surface area contributed by atoms with Gasteiger partial charge in [0.05, 0.1) is 24.9 Å². The van der Waals surface area contributed by atoms with Crippen LogP contribution in [-0.4, -0.2) is 52.8 Å². The van der Waals surface area contributed by atoms with E-state index in [4.69, 9.17) is 14.2 Å². The highest BCUT2D eigenvalue weighted by Gasteiger charge is 2.52. The number of esters is 1. The van der Waals surface area contributed by atoms with E-state index in [0.717, 1.165) is 22.2 Å². The Morgan fingerprint density at radius 1 is 1.27 bits per heavy atom. The fourth-order valence-electron chi connectivity index (χ4n) is 4.07. The average molecular weight is 410 g/mol. The average Bonchev–Trinajstić information content (AvgIpc) is 3.05. The molecule has 30 heavy (non-hydrogen) atoms. The molecule has 0 radical (unpaired) electrons. The summed E-state index contributed by atoms with van der Waals surface area (Å²) in [6.07, 6.45) is 3.65. The number of pyridine rings is 1. The second-order valence-corrected chi connectivity index (χ2v) is 8.81. The first kappa shape index (κ1) is 20.2. The standard InChI is InChI=1S/C23H26N2O5/c1-14-19-16(15-8-6-7-9-17(15)24-14)10-11-23(29-19)12-18(20(26)28-5)25(13-23)21(27)30-22(2,3)4/h6-11,18H,12-13H2,1-5H3/t18-,23?/m0/s1. The van der Waals surface area contributed by atoms with Crippen molar-refractivity contribution in [1.82, 2.24) is 9.88 Å². The Morgan fingerprint density at radius 2 is 2.00 bits per heavy atom. The Labute approximate surface area is 175 Å². The molecule has 3 heterocycles. The number of hydrogen-bond acceptors (Lipinski definition) is 6. The number of carbonyl (C=O) groups is 2. The van der Waals surface area contributed by atoms with E-state index < -0.39 is 29.3 Å². The summed E-state index contributed by atoms with van der Waals surface area (Å²) < 4.78 is 16.9. The highest BCUT2D eigenvalue weighted by atomic mass is 16.6. The van der Waals surface area contributed by atoms with Crippen LogP contribution in [0.25, 0.3) is 17.0 Å². The van der Waals surface area contributed by atoms with Crippen molar-refractivity contribution in [3.05, 3.63) is 41.6 Å². The first-order valence-electron chi connectivity index (χ1n) is 9.97. The van der Waals surface area contributed by atoms with Gasteiger partial charge < -0.3 is 14.2 Å². The van der Waals surface area contributed by atoms with Crippen LogP contribution in [0.5, 0.6) is 5.75 Å². The van der Waals surface area contributed by atoms with Crippen LogP contribution >= 0.6 is 0 Å². The highest BCUT2D eigenvalue weighted by molar-refractivity contribution is 5.92. The van der Waals surface area contributed by atoms with Crippen LogP contribution in [0.3, 0.4) is 0 Å². The number of likely N-dealkylation sites (tertiary alicyclic amines) is 1. The van der Waals surface area contributed by atoms with E-state index in [1.54, 1.807) is 20.8 Å². The zero-order valence-corrected chi connectivity index (χ0v) is 17.9. The lowest BCUT2D eigenvalue weighted by molar-refractivity contribution is -0.145. The van der Waals surface area contributed by atoms with Gasteiger partial charge in [0.2, 0.25) is 0 Å². The van der Waals surface area contributed by atoms with Gasteiger partial charge in [-0.25, -0.2) is 14.6 Å². The third-order valence-electron chi connectivity index (χ3n) is 5.37. The Balaban J connectivity index is 1.71. The van der Waals surface area contributed by atoms with Crippen molar-refractivity contribution in [2.45, 2.75) is 51.4 Å². The van der Waals surface area contributed by atoms with Gasteiger partial charge in [-0.15, -0.1) is 0 Å². The molecule has 158 valence electrons. The molecule has 0 bridgehead atoms. The van der Waals surface area contributed by atoms with E-state index in [2.05, 4.69) is 4.98 Å². The number of benzene rings is 1. The highest BCUT2D eigenvalue weighted by Crippen LogP contribution is 2.42. The number of fused-ring (bicyclic) bond motifs is 3. The second-order valence-electron chi connectivity index (χ2n) is 8.81. The Kier molecular flexibility index (Phi) is 4.71. The normalized spacial score (nSPS) is 22.7. The SMILES string of the molecule is COC(=O)[C@@H]1CC2(C=Cc3c(c(C)nc4ccccc34)O2)CN1C(=O)OC(C)(C)C. The first-order valence-corrected chi connectivity index (χ1v) is 9.97. The van der Waals surface area contributed by atoms with Gasteiger partial charge in [-0.2, -0.15) is 0 Å². The largest absolute Gasteiger partial charge is 0.479 e. The lowest BCUT2D eigenvalue weighted by Gasteiger charge is -2.32. The zero-order valence-electron chi connectivity index (χ0n) is 17.9. The fourth-order valence-corrected chi connectivity index (χ4v) is 4.07. The number of amides is 1. The Bertz CT molecular complexity index is 1060. The third-order valence-corrected chi connectivity index (χ3v) is 5.37. The van der Waals surface area contributed by atoms with E-state index in [0.29, 0.717) is 5.75 Å². The first-order chi connectivity index (χ1) is 14.1. The molecule has 1 aromatic carbocycles. The molecule has 1 spiro atoms. The molecule has 7 heteroatoms. The van der Waals surface area contributed by atoms with Gasteiger partial charge in [-0.05, 0) is 39.8 Å². The molecular weight excluding hydrogens is 384 g/mol. The summed E-state index contributed by atoms with van der Waals surface area (Å²) in [6, 6.07) is 7.10. The molecule has 2 aromatic rings. The number of carbonyl (C=O) groups excluding carboxylic acids is 2. The summed E-state index contributed by atoms with van der Waals surface area (Å²) in [7, 11) is 1.31.